The van der Waals surface area contributed by atoms with Gasteiger partial charge in [-0.2, -0.15) is 0 Å². The molecule has 0 radical (unpaired) electrons. The van der Waals surface area contributed by atoms with Crippen LogP contribution in [0.2, 0.25) is 0 Å². The second-order valence-electron chi connectivity index (χ2n) is 5.50. The SMILES string of the molecule is Cc1cc(F)c(C(C)NC(C)CCN(C)C)cc1F. The predicted octanol–water partition coefficient (Wildman–Crippen LogP) is 3.26. The van der Waals surface area contributed by atoms with E-state index in [-0.39, 0.29) is 23.7 Å². The molecule has 0 heterocycles. The van der Waals surface area contributed by atoms with E-state index in [0.29, 0.717) is 11.1 Å². The molecule has 0 aliphatic rings. The molecule has 0 amide bonds. The van der Waals surface area contributed by atoms with Crippen LogP contribution in [0.15, 0.2) is 12.1 Å². The Kier molecular flexibility index (Phi) is 5.88. The van der Waals surface area contributed by atoms with Gasteiger partial charge in [0.1, 0.15) is 11.6 Å². The lowest BCUT2D eigenvalue weighted by molar-refractivity contribution is 0.352. The molecule has 1 aromatic rings. The number of hydrogen-bond donors (Lipinski definition) is 1. The third kappa shape index (κ3) is 4.88. The quantitative estimate of drug-likeness (QED) is 0.853. The summed E-state index contributed by atoms with van der Waals surface area (Å²) in [6.45, 7) is 6.45. The number of halogens is 2. The van der Waals surface area contributed by atoms with E-state index in [1.54, 1.807) is 6.92 Å². The number of nitrogens with one attached hydrogen (secondary N) is 1. The molecule has 4 heteroatoms. The maximum Gasteiger partial charge on any atom is 0.128 e. The van der Waals surface area contributed by atoms with Gasteiger partial charge >= 0.3 is 0 Å². The van der Waals surface area contributed by atoms with Crippen molar-refractivity contribution >= 4 is 0 Å². The Hall–Kier alpha value is -1.00. The predicted molar refractivity (Wildman–Crippen MR) is 75.3 cm³/mol. The summed E-state index contributed by atoms with van der Waals surface area (Å²) < 4.78 is 27.3. The van der Waals surface area contributed by atoms with Crippen molar-refractivity contribution in [2.24, 2.45) is 0 Å². The number of rotatable bonds is 6. The van der Waals surface area contributed by atoms with E-state index in [1.165, 1.54) is 12.1 Å². The van der Waals surface area contributed by atoms with Crippen LogP contribution in [0.1, 0.15) is 37.4 Å². The highest BCUT2D eigenvalue weighted by molar-refractivity contribution is 5.27. The van der Waals surface area contributed by atoms with Gasteiger partial charge in [-0.1, -0.05) is 0 Å². The van der Waals surface area contributed by atoms with E-state index >= 15 is 0 Å². The highest BCUT2D eigenvalue weighted by Gasteiger charge is 2.15. The number of hydrogen-bond acceptors (Lipinski definition) is 2. The van der Waals surface area contributed by atoms with Gasteiger partial charge in [0.2, 0.25) is 0 Å². The zero-order valence-electron chi connectivity index (χ0n) is 12.4. The van der Waals surface area contributed by atoms with Crippen LogP contribution in [0.5, 0.6) is 0 Å². The number of benzene rings is 1. The van der Waals surface area contributed by atoms with Crippen molar-refractivity contribution in [2.75, 3.05) is 20.6 Å². The summed E-state index contributed by atoms with van der Waals surface area (Å²) in [5.41, 5.74) is 0.730. The molecule has 0 aliphatic carbocycles. The molecular weight excluding hydrogens is 246 g/mol. The summed E-state index contributed by atoms with van der Waals surface area (Å²) in [7, 11) is 4.04. The molecule has 19 heavy (non-hydrogen) atoms. The minimum atomic E-state index is -0.356. The highest BCUT2D eigenvalue weighted by Crippen LogP contribution is 2.21. The van der Waals surface area contributed by atoms with Crippen LogP contribution in [0, 0.1) is 18.6 Å². The van der Waals surface area contributed by atoms with Gasteiger partial charge in [-0.15, -0.1) is 0 Å². The zero-order chi connectivity index (χ0) is 14.6. The lowest BCUT2D eigenvalue weighted by atomic mass is 10.0. The molecule has 0 fully saturated rings. The summed E-state index contributed by atoms with van der Waals surface area (Å²) in [6, 6.07) is 2.60. The average Bonchev–Trinajstić information content (AvgIpc) is 2.31. The van der Waals surface area contributed by atoms with Crippen molar-refractivity contribution in [2.45, 2.75) is 39.3 Å². The third-order valence-corrected chi connectivity index (χ3v) is 3.29. The first-order valence-electron chi connectivity index (χ1n) is 6.67. The van der Waals surface area contributed by atoms with Crippen molar-refractivity contribution in [1.29, 1.82) is 0 Å². The van der Waals surface area contributed by atoms with Gasteiger partial charge in [0, 0.05) is 17.6 Å². The van der Waals surface area contributed by atoms with Crippen LogP contribution in [0.4, 0.5) is 8.78 Å². The molecule has 0 saturated heterocycles. The van der Waals surface area contributed by atoms with Crippen molar-refractivity contribution in [3.63, 3.8) is 0 Å². The molecular formula is C15H24F2N2. The van der Waals surface area contributed by atoms with Gasteiger partial charge in [-0.3, -0.25) is 0 Å². The van der Waals surface area contributed by atoms with E-state index in [1.807, 2.05) is 21.0 Å². The second kappa shape index (κ2) is 6.96. The normalized spacial score (nSPS) is 14.7. The third-order valence-electron chi connectivity index (χ3n) is 3.29. The molecule has 0 aliphatic heterocycles. The van der Waals surface area contributed by atoms with E-state index in [9.17, 15) is 8.78 Å². The first kappa shape index (κ1) is 16.1. The van der Waals surface area contributed by atoms with E-state index in [2.05, 4.69) is 17.1 Å². The summed E-state index contributed by atoms with van der Waals surface area (Å²) >= 11 is 0. The molecule has 2 atom stereocenters. The maximum atomic E-state index is 13.8. The van der Waals surface area contributed by atoms with Crippen LogP contribution >= 0.6 is 0 Å². The van der Waals surface area contributed by atoms with Crippen LogP contribution in [-0.4, -0.2) is 31.6 Å². The Labute approximate surface area is 114 Å². The number of aryl methyl sites for hydroxylation is 1. The molecule has 2 nitrogen and oxygen atoms in total. The maximum absolute atomic E-state index is 13.8. The van der Waals surface area contributed by atoms with Gasteiger partial charge in [0.05, 0.1) is 0 Å². The summed E-state index contributed by atoms with van der Waals surface area (Å²) in [6.07, 6.45) is 0.966. The molecule has 0 saturated carbocycles. The fraction of sp³-hybridized carbons (Fsp3) is 0.600. The molecule has 2 unspecified atom stereocenters. The van der Waals surface area contributed by atoms with E-state index in [4.69, 9.17) is 0 Å². The molecule has 108 valence electrons. The highest BCUT2D eigenvalue weighted by atomic mass is 19.1. The fourth-order valence-corrected chi connectivity index (χ4v) is 2.05. The van der Waals surface area contributed by atoms with Gasteiger partial charge in [0.25, 0.3) is 0 Å². The fourth-order valence-electron chi connectivity index (χ4n) is 2.05. The molecule has 0 aromatic heterocycles. The van der Waals surface area contributed by atoms with Crippen molar-refractivity contribution < 1.29 is 8.78 Å². The Bertz CT molecular complexity index is 419. The first-order chi connectivity index (χ1) is 8.81. The summed E-state index contributed by atoms with van der Waals surface area (Å²) in [5.74, 6) is -0.704. The minimum absolute atomic E-state index is 0.202. The molecule has 0 bridgehead atoms. The largest absolute Gasteiger partial charge is 0.309 e. The molecule has 0 spiro atoms. The standard InChI is InChI=1S/C15H24F2N2/c1-10-8-15(17)13(9-14(10)16)12(3)18-11(2)6-7-19(4)5/h8-9,11-12,18H,6-7H2,1-5H3. The Morgan fingerprint density at radius 1 is 1.16 bits per heavy atom. The molecule has 1 rings (SSSR count). The Balaban J connectivity index is 2.67. The van der Waals surface area contributed by atoms with Crippen molar-refractivity contribution in [3.8, 4) is 0 Å². The van der Waals surface area contributed by atoms with E-state index in [0.717, 1.165) is 13.0 Å². The Morgan fingerprint density at radius 3 is 2.37 bits per heavy atom. The van der Waals surface area contributed by atoms with Crippen LogP contribution in [0.25, 0.3) is 0 Å². The molecule has 1 aromatic carbocycles. The zero-order valence-corrected chi connectivity index (χ0v) is 12.4. The topological polar surface area (TPSA) is 15.3 Å². The van der Waals surface area contributed by atoms with Gasteiger partial charge < -0.3 is 10.2 Å². The first-order valence-corrected chi connectivity index (χ1v) is 6.67. The summed E-state index contributed by atoms with van der Waals surface area (Å²) in [4.78, 5) is 2.11. The smallest absolute Gasteiger partial charge is 0.128 e. The monoisotopic (exact) mass is 270 g/mol. The average molecular weight is 270 g/mol. The van der Waals surface area contributed by atoms with Crippen LogP contribution < -0.4 is 5.32 Å². The van der Waals surface area contributed by atoms with Crippen molar-refractivity contribution in [3.05, 3.63) is 34.9 Å². The van der Waals surface area contributed by atoms with Crippen LogP contribution in [0.3, 0.4) is 0 Å². The van der Waals surface area contributed by atoms with Crippen LogP contribution in [-0.2, 0) is 0 Å². The van der Waals surface area contributed by atoms with Gasteiger partial charge in [0.15, 0.2) is 0 Å². The van der Waals surface area contributed by atoms with E-state index < -0.39 is 0 Å². The van der Waals surface area contributed by atoms with Crippen molar-refractivity contribution in [1.82, 2.24) is 10.2 Å². The second-order valence-corrected chi connectivity index (χ2v) is 5.50. The minimum Gasteiger partial charge on any atom is -0.309 e. The molecule has 1 N–H and O–H groups in total. The lowest BCUT2D eigenvalue weighted by Crippen LogP contribution is -2.32. The van der Waals surface area contributed by atoms with Gasteiger partial charge in [-0.25, -0.2) is 8.78 Å². The Morgan fingerprint density at radius 2 is 1.79 bits per heavy atom. The van der Waals surface area contributed by atoms with Gasteiger partial charge in [-0.05, 0) is 65.5 Å². The summed E-state index contributed by atoms with van der Waals surface area (Å²) in [5, 5.41) is 3.31. The number of nitrogens with zero attached hydrogens (tertiary/aromatic N) is 1. The lowest BCUT2D eigenvalue weighted by Gasteiger charge is -2.22.